The molecule has 5 heteroatoms. The standard InChI is InChI=1S/C11H14N2O2.ClH/c12-11(8-2-1-3-8)9-4-6-10(7-5-9)13(14)15;/h4-8,11H,1-3,12H2;1H/t11-;/m1./s1. The fraction of sp³-hybridized carbons (Fsp3) is 0.455. The lowest BCUT2D eigenvalue weighted by atomic mass is 9.77. The average molecular weight is 243 g/mol. The van der Waals surface area contributed by atoms with Crippen molar-refractivity contribution in [3.63, 3.8) is 0 Å². The molecule has 0 radical (unpaired) electrons. The van der Waals surface area contributed by atoms with E-state index in [1.807, 2.05) is 0 Å². The zero-order chi connectivity index (χ0) is 10.8. The highest BCUT2D eigenvalue weighted by molar-refractivity contribution is 5.85. The van der Waals surface area contributed by atoms with E-state index in [-0.39, 0.29) is 24.1 Å². The highest BCUT2D eigenvalue weighted by Gasteiger charge is 2.25. The highest BCUT2D eigenvalue weighted by Crippen LogP contribution is 2.36. The van der Waals surface area contributed by atoms with Crippen molar-refractivity contribution in [2.45, 2.75) is 25.3 Å². The van der Waals surface area contributed by atoms with Gasteiger partial charge in [0.05, 0.1) is 4.92 Å². The van der Waals surface area contributed by atoms with Crippen LogP contribution in [0.2, 0.25) is 0 Å². The topological polar surface area (TPSA) is 69.2 Å². The molecule has 1 aliphatic rings. The van der Waals surface area contributed by atoms with Gasteiger partial charge in [-0.05, 0) is 24.3 Å². The largest absolute Gasteiger partial charge is 0.324 e. The van der Waals surface area contributed by atoms with Gasteiger partial charge in [-0.15, -0.1) is 12.4 Å². The van der Waals surface area contributed by atoms with E-state index in [4.69, 9.17) is 5.73 Å². The third-order valence-electron chi connectivity index (χ3n) is 3.15. The molecule has 0 saturated heterocycles. The number of nitrogens with two attached hydrogens (primary N) is 1. The van der Waals surface area contributed by atoms with Crippen LogP contribution in [0.4, 0.5) is 5.69 Å². The summed E-state index contributed by atoms with van der Waals surface area (Å²) in [7, 11) is 0. The van der Waals surface area contributed by atoms with Crippen molar-refractivity contribution in [3.8, 4) is 0 Å². The van der Waals surface area contributed by atoms with E-state index in [0.717, 1.165) is 5.56 Å². The first-order valence-electron chi connectivity index (χ1n) is 5.18. The second-order valence-electron chi connectivity index (χ2n) is 4.07. The number of non-ortho nitro benzene ring substituents is 1. The second kappa shape index (κ2) is 5.27. The van der Waals surface area contributed by atoms with Crippen molar-refractivity contribution < 1.29 is 4.92 Å². The Morgan fingerprint density at radius 3 is 2.25 bits per heavy atom. The molecule has 0 aromatic heterocycles. The quantitative estimate of drug-likeness (QED) is 0.655. The van der Waals surface area contributed by atoms with Gasteiger partial charge in [0.25, 0.3) is 5.69 Å². The fourth-order valence-corrected chi connectivity index (χ4v) is 1.89. The van der Waals surface area contributed by atoms with E-state index in [0.29, 0.717) is 5.92 Å². The Morgan fingerprint density at radius 2 is 1.88 bits per heavy atom. The van der Waals surface area contributed by atoms with Gasteiger partial charge in [0, 0.05) is 18.2 Å². The first kappa shape index (κ1) is 12.9. The summed E-state index contributed by atoms with van der Waals surface area (Å²) in [6, 6.07) is 6.61. The molecule has 0 heterocycles. The Hall–Kier alpha value is -1.13. The predicted octanol–water partition coefficient (Wildman–Crippen LogP) is 2.82. The number of rotatable bonds is 3. The van der Waals surface area contributed by atoms with E-state index in [1.165, 1.54) is 31.4 Å². The molecular weight excluding hydrogens is 228 g/mol. The Morgan fingerprint density at radius 1 is 1.31 bits per heavy atom. The Labute approximate surface area is 100 Å². The molecule has 0 bridgehead atoms. The Kier molecular flexibility index (Phi) is 4.26. The number of nitrogens with zero attached hydrogens (tertiary/aromatic N) is 1. The van der Waals surface area contributed by atoms with Gasteiger partial charge in [0.15, 0.2) is 0 Å². The molecule has 16 heavy (non-hydrogen) atoms. The summed E-state index contributed by atoms with van der Waals surface area (Å²) in [6.07, 6.45) is 3.61. The zero-order valence-electron chi connectivity index (χ0n) is 8.83. The SMILES string of the molecule is Cl.N[C@@H](c1ccc([N+](=O)[O-])cc1)C1CCC1. The summed E-state index contributed by atoms with van der Waals surface area (Å²) in [6.45, 7) is 0. The van der Waals surface area contributed by atoms with Gasteiger partial charge < -0.3 is 5.73 Å². The van der Waals surface area contributed by atoms with E-state index >= 15 is 0 Å². The van der Waals surface area contributed by atoms with Gasteiger partial charge >= 0.3 is 0 Å². The number of benzene rings is 1. The number of hydrogen-bond acceptors (Lipinski definition) is 3. The van der Waals surface area contributed by atoms with Gasteiger partial charge in [0.2, 0.25) is 0 Å². The van der Waals surface area contributed by atoms with Crippen LogP contribution < -0.4 is 5.73 Å². The third-order valence-corrected chi connectivity index (χ3v) is 3.15. The Bertz CT molecular complexity index is 363. The maximum absolute atomic E-state index is 10.5. The van der Waals surface area contributed by atoms with Crippen LogP contribution in [0.3, 0.4) is 0 Å². The van der Waals surface area contributed by atoms with Gasteiger partial charge in [-0.25, -0.2) is 0 Å². The smallest absolute Gasteiger partial charge is 0.269 e. The van der Waals surface area contributed by atoms with Crippen molar-refractivity contribution in [1.82, 2.24) is 0 Å². The molecular formula is C11H15ClN2O2. The maximum atomic E-state index is 10.5. The monoisotopic (exact) mass is 242 g/mol. The van der Waals surface area contributed by atoms with Crippen molar-refractivity contribution in [2.24, 2.45) is 11.7 Å². The summed E-state index contributed by atoms with van der Waals surface area (Å²) in [4.78, 5) is 10.1. The zero-order valence-corrected chi connectivity index (χ0v) is 9.65. The lowest BCUT2D eigenvalue weighted by Gasteiger charge is -2.31. The minimum absolute atomic E-state index is 0. The molecule has 2 N–H and O–H groups in total. The molecule has 1 aliphatic carbocycles. The first-order valence-corrected chi connectivity index (χ1v) is 5.18. The summed E-state index contributed by atoms with van der Waals surface area (Å²) >= 11 is 0. The van der Waals surface area contributed by atoms with Crippen LogP contribution in [0.1, 0.15) is 30.9 Å². The van der Waals surface area contributed by atoms with Gasteiger partial charge in [-0.2, -0.15) is 0 Å². The average Bonchev–Trinajstić information content (AvgIpc) is 2.15. The van der Waals surface area contributed by atoms with Crippen LogP contribution in [0, 0.1) is 16.0 Å². The first-order chi connectivity index (χ1) is 7.18. The summed E-state index contributed by atoms with van der Waals surface area (Å²) in [5.74, 6) is 0.562. The van der Waals surface area contributed by atoms with Crippen molar-refractivity contribution in [2.75, 3.05) is 0 Å². The molecule has 88 valence electrons. The van der Waals surface area contributed by atoms with Gasteiger partial charge in [-0.1, -0.05) is 18.6 Å². The Balaban J connectivity index is 0.00000128. The van der Waals surface area contributed by atoms with Crippen molar-refractivity contribution in [1.29, 1.82) is 0 Å². The molecule has 1 aromatic rings. The van der Waals surface area contributed by atoms with Crippen LogP contribution in [-0.2, 0) is 0 Å². The lowest BCUT2D eigenvalue weighted by Crippen LogP contribution is -2.26. The molecule has 0 amide bonds. The molecule has 1 fully saturated rings. The normalized spacial score (nSPS) is 17.1. The predicted molar refractivity (Wildman–Crippen MR) is 64.6 cm³/mol. The second-order valence-corrected chi connectivity index (χ2v) is 4.07. The molecule has 2 rings (SSSR count). The number of halogens is 1. The summed E-state index contributed by atoms with van der Waals surface area (Å²) in [5.41, 5.74) is 7.19. The molecule has 1 atom stereocenters. The fourth-order valence-electron chi connectivity index (χ4n) is 1.89. The molecule has 1 aromatic carbocycles. The number of hydrogen-bond donors (Lipinski definition) is 1. The van der Waals surface area contributed by atoms with Crippen molar-refractivity contribution in [3.05, 3.63) is 39.9 Å². The summed E-state index contributed by atoms with van der Waals surface area (Å²) < 4.78 is 0. The minimum Gasteiger partial charge on any atom is -0.324 e. The van der Waals surface area contributed by atoms with Crippen LogP contribution in [0.25, 0.3) is 0 Å². The highest BCUT2D eigenvalue weighted by atomic mass is 35.5. The van der Waals surface area contributed by atoms with E-state index in [2.05, 4.69) is 0 Å². The van der Waals surface area contributed by atoms with Crippen LogP contribution >= 0.6 is 12.4 Å². The van der Waals surface area contributed by atoms with Gasteiger partial charge in [0.1, 0.15) is 0 Å². The molecule has 0 spiro atoms. The van der Waals surface area contributed by atoms with Crippen LogP contribution in [0.15, 0.2) is 24.3 Å². The molecule has 0 aliphatic heterocycles. The van der Waals surface area contributed by atoms with Crippen LogP contribution in [-0.4, -0.2) is 4.92 Å². The molecule has 4 nitrogen and oxygen atoms in total. The number of nitro groups is 1. The summed E-state index contributed by atoms with van der Waals surface area (Å²) in [5, 5.41) is 10.5. The maximum Gasteiger partial charge on any atom is 0.269 e. The lowest BCUT2D eigenvalue weighted by molar-refractivity contribution is -0.384. The van der Waals surface area contributed by atoms with E-state index in [1.54, 1.807) is 12.1 Å². The van der Waals surface area contributed by atoms with Crippen molar-refractivity contribution >= 4 is 18.1 Å². The minimum atomic E-state index is -0.390. The number of nitro benzene ring substituents is 1. The molecule has 0 unspecified atom stereocenters. The van der Waals surface area contributed by atoms with E-state index in [9.17, 15) is 10.1 Å². The molecule has 1 saturated carbocycles. The van der Waals surface area contributed by atoms with E-state index < -0.39 is 4.92 Å². The van der Waals surface area contributed by atoms with Gasteiger partial charge in [-0.3, -0.25) is 10.1 Å². The van der Waals surface area contributed by atoms with Crippen LogP contribution in [0.5, 0.6) is 0 Å². The third kappa shape index (κ3) is 2.51.